The maximum atomic E-state index is 12.0. The fourth-order valence-electron chi connectivity index (χ4n) is 2.29. The lowest BCUT2D eigenvalue weighted by atomic mass is 10.0. The van der Waals surface area contributed by atoms with Gasteiger partial charge in [0.2, 0.25) is 0 Å². The fourth-order valence-corrected chi connectivity index (χ4v) is 2.91. The van der Waals surface area contributed by atoms with Gasteiger partial charge in [-0.3, -0.25) is 10.2 Å². The van der Waals surface area contributed by atoms with Crippen LogP contribution < -0.4 is 5.43 Å². The van der Waals surface area contributed by atoms with E-state index in [1.54, 1.807) is 0 Å². The summed E-state index contributed by atoms with van der Waals surface area (Å²) in [6.45, 7) is 1.60. The van der Waals surface area contributed by atoms with E-state index in [2.05, 4.69) is 35.8 Å². The molecule has 0 radical (unpaired) electrons. The summed E-state index contributed by atoms with van der Waals surface area (Å²) in [5, 5.41) is 3.88. The van der Waals surface area contributed by atoms with Gasteiger partial charge in [-0.15, -0.1) is 11.3 Å². The molecule has 0 atom stereocenters. The molecule has 1 aromatic carbocycles. The number of nitrogens with zero attached hydrogens (tertiary/aromatic N) is 1. The number of nitrogens with one attached hydrogen (secondary N) is 1. The lowest BCUT2D eigenvalue weighted by Crippen LogP contribution is -2.44. The molecule has 0 saturated carbocycles. The Morgan fingerprint density at radius 2 is 2.00 bits per heavy atom. The number of benzene rings is 1. The normalized spacial score (nSPS) is 15.7. The quantitative estimate of drug-likeness (QED) is 0.939. The van der Waals surface area contributed by atoms with Crippen LogP contribution >= 0.6 is 11.3 Å². The van der Waals surface area contributed by atoms with Crippen molar-refractivity contribution in [1.82, 2.24) is 10.4 Å². The third kappa shape index (κ3) is 2.98. The summed E-state index contributed by atoms with van der Waals surface area (Å²) in [7, 11) is 0. The van der Waals surface area contributed by atoms with E-state index in [1.807, 2.05) is 28.6 Å². The van der Waals surface area contributed by atoms with Crippen molar-refractivity contribution in [2.75, 3.05) is 13.1 Å². The minimum Gasteiger partial charge on any atom is -0.284 e. The summed E-state index contributed by atoms with van der Waals surface area (Å²) in [4.78, 5) is 12.7. The number of hydrogen-bond acceptors (Lipinski definition) is 3. The average molecular weight is 284 g/mol. The minimum atomic E-state index is -0.0171. The van der Waals surface area contributed by atoms with Crippen LogP contribution in [0.2, 0.25) is 0 Å². The van der Waals surface area contributed by atoms with E-state index in [0.717, 1.165) is 24.4 Å². The van der Waals surface area contributed by atoms with Gasteiger partial charge in [0.25, 0.3) is 5.91 Å². The zero-order valence-electron chi connectivity index (χ0n) is 11.1. The molecule has 3 nitrogen and oxygen atoms in total. The van der Waals surface area contributed by atoms with Crippen molar-refractivity contribution in [2.24, 2.45) is 0 Å². The Kier molecular flexibility index (Phi) is 3.95. The number of carbonyl (C=O) groups is 1. The third-order valence-electron chi connectivity index (χ3n) is 3.36. The molecule has 0 aliphatic carbocycles. The Labute approximate surface area is 122 Å². The van der Waals surface area contributed by atoms with Crippen molar-refractivity contribution in [3.05, 3.63) is 64.4 Å². The molecule has 0 bridgehead atoms. The molecule has 4 heteroatoms. The van der Waals surface area contributed by atoms with E-state index >= 15 is 0 Å². The van der Waals surface area contributed by atoms with Gasteiger partial charge in [0.15, 0.2) is 0 Å². The number of hydrazine groups is 1. The van der Waals surface area contributed by atoms with Gasteiger partial charge in [-0.2, -0.15) is 0 Å². The summed E-state index contributed by atoms with van der Waals surface area (Å²) in [6, 6.07) is 14.1. The lowest BCUT2D eigenvalue weighted by molar-refractivity contribution is 0.0810. The van der Waals surface area contributed by atoms with Crippen LogP contribution in [0.15, 0.2) is 53.9 Å². The predicted octanol–water partition coefficient (Wildman–Crippen LogP) is 3.18. The highest BCUT2D eigenvalue weighted by Crippen LogP contribution is 2.21. The van der Waals surface area contributed by atoms with Crippen LogP contribution in [-0.4, -0.2) is 24.0 Å². The number of amides is 1. The molecule has 20 heavy (non-hydrogen) atoms. The van der Waals surface area contributed by atoms with E-state index < -0.39 is 0 Å². The highest BCUT2D eigenvalue weighted by atomic mass is 32.1. The van der Waals surface area contributed by atoms with Gasteiger partial charge in [0.1, 0.15) is 0 Å². The van der Waals surface area contributed by atoms with Crippen LogP contribution in [0.25, 0.3) is 5.57 Å². The Hall–Kier alpha value is -1.91. The summed E-state index contributed by atoms with van der Waals surface area (Å²) in [5.41, 5.74) is 5.58. The number of hydrogen-bond donors (Lipinski definition) is 1. The first-order valence-electron chi connectivity index (χ1n) is 6.67. The molecule has 0 spiro atoms. The molecule has 102 valence electrons. The molecule has 1 amide bonds. The zero-order valence-corrected chi connectivity index (χ0v) is 11.9. The van der Waals surface area contributed by atoms with Gasteiger partial charge in [-0.1, -0.05) is 42.5 Å². The van der Waals surface area contributed by atoms with Crippen molar-refractivity contribution in [3.63, 3.8) is 0 Å². The molecule has 0 unspecified atom stereocenters. The minimum absolute atomic E-state index is 0.0171. The van der Waals surface area contributed by atoms with Gasteiger partial charge >= 0.3 is 0 Å². The van der Waals surface area contributed by atoms with Gasteiger partial charge in [0.05, 0.1) is 4.88 Å². The largest absolute Gasteiger partial charge is 0.284 e. The SMILES string of the molecule is O=C(NN1CC=C(c2ccccc2)CC1)c1cccs1. The summed E-state index contributed by atoms with van der Waals surface area (Å²) < 4.78 is 0. The van der Waals surface area contributed by atoms with Crippen molar-refractivity contribution < 1.29 is 4.79 Å². The molecule has 3 rings (SSSR count). The van der Waals surface area contributed by atoms with E-state index in [9.17, 15) is 4.79 Å². The Bertz CT molecular complexity index is 605. The zero-order chi connectivity index (χ0) is 13.8. The maximum absolute atomic E-state index is 12.0. The monoisotopic (exact) mass is 284 g/mol. The van der Waals surface area contributed by atoms with E-state index in [1.165, 1.54) is 22.5 Å². The molecular formula is C16H16N2OS. The highest BCUT2D eigenvalue weighted by Gasteiger charge is 2.15. The average Bonchev–Trinajstić information content (AvgIpc) is 3.03. The fraction of sp³-hybridized carbons (Fsp3) is 0.188. The first-order valence-corrected chi connectivity index (χ1v) is 7.55. The lowest BCUT2D eigenvalue weighted by Gasteiger charge is -2.26. The van der Waals surface area contributed by atoms with Gasteiger partial charge in [0, 0.05) is 13.1 Å². The molecule has 1 aliphatic rings. The van der Waals surface area contributed by atoms with Crippen LogP contribution in [0.3, 0.4) is 0 Å². The number of rotatable bonds is 3. The first kappa shape index (κ1) is 13.1. The predicted molar refractivity (Wildman–Crippen MR) is 82.4 cm³/mol. The molecule has 0 fully saturated rings. The smallest absolute Gasteiger partial charge is 0.275 e. The second-order valence-electron chi connectivity index (χ2n) is 4.71. The van der Waals surface area contributed by atoms with Gasteiger partial charge < -0.3 is 0 Å². The second-order valence-corrected chi connectivity index (χ2v) is 5.66. The first-order chi connectivity index (χ1) is 9.83. The van der Waals surface area contributed by atoms with Crippen molar-refractivity contribution in [3.8, 4) is 0 Å². The van der Waals surface area contributed by atoms with E-state index in [4.69, 9.17) is 0 Å². The van der Waals surface area contributed by atoms with Crippen LogP contribution in [-0.2, 0) is 0 Å². The molecule has 1 aromatic heterocycles. The molecule has 0 saturated heterocycles. The third-order valence-corrected chi connectivity index (χ3v) is 4.23. The second kappa shape index (κ2) is 6.03. The van der Waals surface area contributed by atoms with Crippen LogP contribution in [0, 0.1) is 0 Å². The van der Waals surface area contributed by atoms with Crippen LogP contribution in [0.4, 0.5) is 0 Å². The summed E-state index contributed by atoms with van der Waals surface area (Å²) >= 11 is 1.46. The molecule has 2 heterocycles. The number of carbonyl (C=O) groups excluding carboxylic acids is 1. The Morgan fingerprint density at radius 3 is 2.65 bits per heavy atom. The van der Waals surface area contributed by atoms with Gasteiger partial charge in [-0.05, 0) is 29.0 Å². The Morgan fingerprint density at radius 1 is 1.15 bits per heavy atom. The molecular weight excluding hydrogens is 268 g/mol. The highest BCUT2D eigenvalue weighted by molar-refractivity contribution is 7.12. The van der Waals surface area contributed by atoms with E-state index in [-0.39, 0.29) is 5.91 Å². The van der Waals surface area contributed by atoms with Crippen molar-refractivity contribution >= 4 is 22.8 Å². The van der Waals surface area contributed by atoms with Crippen molar-refractivity contribution in [2.45, 2.75) is 6.42 Å². The molecule has 1 N–H and O–H groups in total. The Balaban J connectivity index is 1.61. The van der Waals surface area contributed by atoms with Crippen LogP contribution in [0.5, 0.6) is 0 Å². The van der Waals surface area contributed by atoms with Crippen molar-refractivity contribution in [1.29, 1.82) is 0 Å². The number of thiophene rings is 1. The standard InChI is InChI=1S/C16H16N2OS/c19-16(15-7-4-12-20-15)17-18-10-8-14(9-11-18)13-5-2-1-3-6-13/h1-8,12H,9-11H2,(H,17,19). The van der Waals surface area contributed by atoms with E-state index in [0.29, 0.717) is 0 Å². The molecule has 1 aliphatic heterocycles. The maximum Gasteiger partial charge on any atom is 0.275 e. The van der Waals surface area contributed by atoms with Crippen LogP contribution in [0.1, 0.15) is 21.7 Å². The topological polar surface area (TPSA) is 32.3 Å². The van der Waals surface area contributed by atoms with Gasteiger partial charge in [-0.25, -0.2) is 5.01 Å². The summed E-state index contributed by atoms with van der Waals surface area (Å²) in [5.74, 6) is -0.0171. The molecule has 2 aromatic rings. The summed E-state index contributed by atoms with van der Waals surface area (Å²) in [6.07, 6.45) is 3.14.